The molecule has 0 aliphatic rings. The van der Waals surface area contributed by atoms with Gasteiger partial charge in [-0.05, 0) is 29.8 Å². The minimum atomic E-state index is -0.285. The van der Waals surface area contributed by atoms with Crippen LogP contribution in [0.1, 0.15) is 11.3 Å². The number of fused-ring (bicyclic) bond motifs is 1. The molecule has 8 heteroatoms. The molecule has 4 aromatic rings. The monoisotopic (exact) mass is 479 g/mol. The number of nitrogens with zero attached hydrogens (tertiary/aromatic N) is 2. The minimum absolute atomic E-state index is 0. The van der Waals surface area contributed by atoms with E-state index >= 15 is 0 Å². The molecule has 0 spiro atoms. The topological polar surface area (TPSA) is 46.4 Å². The predicted octanol–water partition coefficient (Wildman–Crippen LogP) is 5.25. The van der Waals surface area contributed by atoms with Crippen LogP contribution in [0.25, 0.3) is 16.2 Å². The minimum Gasteiger partial charge on any atom is -0.352 e. The zero-order valence-corrected chi connectivity index (χ0v) is 17.8. The summed E-state index contributed by atoms with van der Waals surface area (Å²) in [4.78, 5) is 17.8. The van der Waals surface area contributed by atoms with Crippen LogP contribution in [0.4, 0.5) is 4.39 Å². The number of rotatable bonds is 5. The van der Waals surface area contributed by atoms with Crippen molar-refractivity contribution in [2.45, 2.75) is 13.0 Å². The van der Waals surface area contributed by atoms with Gasteiger partial charge in [0.2, 0.25) is 5.91 Å². The van der Waals surface area contributed by atoms with Gasteiger partial charge in [-0.3, -0.25) is 9.20 Å². The average Bonchev–Trinajstić information content (AvgIpc) is 3.23. The third kappa shape index (κ3) is 4.60. The van der Waals surface area contributed by atoms with Crippen molar-refractivity contribution in [3.63, 3.8) is 0 Å². The molecule has 28 heavy (non-hydrogen) atoms. The van der Waals surface area contributed by atoms with E-state index in [4.69, 9.17) is 0 Å². The number of carbonyl (C=O) groups excluding carboxylic acids is 1. The van der Waals surface area contributed by atoms with Crippen molar-refractivity contribution in [2.75, 3.05) is 0 Å². The molecule has 0 saturated carbocycles. The first-order valence-electron chi connectivity index (χ1n) is 8.31. The van der Waals surface area contributed by atoms with E-state index in [2.05, 4.69) is 26.2 Å². The van der Waals surface area contributed by atoms with Gasteiger partial charge >= 0.3 is 0 Å². The molecule has 2 aromatic heterocycles. The van der Waals surface area contributed by atoms with E-state index in [1.54, 1.807) is 12.1 Å². The largest absolute Gasteiger partial charge is 0.352 e. The van der Waals surface area contributed by atoms with E-state index in [0.29, 0.717) is 6.54 Å². The molecule has 144 valence electrons. The third-order valence-electron chi connectivity index (χ3n) is 4.15. The second-order valence-corrected chi connectivity index (χ2v) is 7.85. The fraction of sp³-hybridized carbons (Fsp3) is 0.100. The number of halogens is 3. The second kappa shape index (κ2) is 8.86. The van der Waals surface area contributed by atoms with Crippen molar-refractivity contribution in [2.24, 2.45) is 0 Å². The highest BCUT2D eigenvalue weighted by Crippen LogP contribution is 2.25. The van der Waals surface area contributed by atoms with Crippen LogP contribution in [0.3, 0.4) is 0 Å². The number of hydrogen-bond donors (Lipinski definition) is 1. The lowest BCUT2D eigenvalue weighted by atomic mass is 10.2. The Morgan fingerprint density at radius 3 is 2.75 bits per heavy atom. The molecule has 0 unspecified atom stereocenters. The molecule has 1 amide bonds. The van der Waals surface area contributed by atoms with Gasteiger partial charge in [-0.25, -0.2) is 9.37 Å². The van der Waals surface area contributed by atoms with Crippen LogP contribution in [0.5, 0.6) is 0 Å². The number of hydrogen-bond acceptors (Lipinski definition) is 3. The Labute approximate surface area is 180 Å². The molecule has 0 fully saturated rings. The molecule has 0 aliphatic heterocycles. The first kappa shape index (κ1) is 20.5. The van der Waals surface area contributed by atoms with Crippen molar-refractivity contribution in [1.82, 2.24) is 14.7 Å². The zero-order chi connectivity index (χ0) is 18.8. The van der Waals surface area contributed by atoms with E-state index in [1.165, 1.54) is 23.5 Å². The number of nitrogens with one attached hydrogen (secondary N) is 1. The Morgan fingerprint density at radius 1 is 1.21 bits per heavy atom. The molecule has 0 radical (unpaired) electrons. The summed E-state index contributed by atoms with van der Waals surface area (Å²) in [5.41, 5.74) is 3.64. The standard InChI is InChI=1S/C20H15BrFN3OS.ClH/c21-15-3-1-2-14(8-15)18-11-25-17(12-27-20(25)24-18)9-19(26)23-10-13-4-6-16(22)7-5-13;/h1-8,11-12H,9-10H2,(H,23,26);1H. The first-order chi connectivity index (χ1) is 13.1. The quantitative estimate of drug-likeness (QED) is 0.424. The van der Waals surface area contributed by atoms with E-state index < -0.39 is 0 Å². The van der Waals surface area contributed by atoms with Crippen LogP contribution in [-0.4, -0.2) is 15.3 Å². The number of thiazole rings is 1. The number of amides is 1. The Balaban J connectivity index is 0.00000225. The maximum absolute atomic E-state index is 12.9. The van der Waals surface area contributed by atoms with Gasteiger partial charge in [0.15, 0.2) is 4.96 Å². The molecule has 4 nitrogen and oxygen atoms in total. The van der Waals surface area contributed by atoms with Gasteiger partial charge in [0.25, 0.3) is 0 Å². The molecular formula is C20H16BrClFN3OS. The van der Waals surface area contributed by atoms with Crippen LogP contribution < -0.4 is 5.32 Å². The van der Waals surface area contributed by atoms with E-state index in [-0.39, 0.29) is 30.6 Å². The van der Waals surface area contributed by atoms with Crippen molar-refractivity contribution < 1.29 is 9.18 Å². The molecule has 0 saturated heterocycles. The lowest BCUT2D eigenvalue weighted by Crippen LogP contribution is -2.24. The van der Waals surface area contributed by atoms with Crippen LogP contribution in [0.15, 0.2) is 64.6 Å². The summed E-state index contributed by atoms with van der Waals surface area (Å²) in [5.74, 6) is -0.371. The summed E-state index contributed by atoms with van der Waals surface area (Å²) in [6, 6.07) is 14.1. The summed E-state index contributed by atoms with van der Waals surface area (Å²) in [6.07, 6.45) is 2.21. The van der Waals surface area contributed by atoms with E-state index in [9.17, 15) is 9.18 Å². The summed E-state index contributed by atoms with van der Waals surface area (Å²) in [7, 11) is 0. The van der Waals surface area contributed by atoms with Gasteiger partial charge in [-0.15, -0.1) is 23.7 Å². The molecule has 0 aliphatic carbocycles. The summed E-state index contributed by atoms with van der Waals surface area (Å²) < 4.78 is 15.9. The fourth-order valence-corrected chi connectivity index (χ4v) is 4.05. The normalized spacial score (nSPS) is 10.6. The molecule has 1 N–H and O–H groups in total. The maximum atomic E-state index is 12.9. The molecule has 2 heterocycles. The fourth-order valence-electron chi connectivity index (χ4n) is 2.77. The van der Waals surface area contributed by atoms with Gasteiger partial charge in [-0.2, -0.15) is 0 Å². The van der Waals surface area contributed by atoms with E-state index in [1.807, 2.05) is 40.2 Å². The average molecular weight is 481 g/mol. The van der Waals surface area contributed by atoms with Gasteiger partial charge < -0.3 is 5.32 Å². The first-order valence-corrected chi connectivity index (χ1v) is 9.98. The molecule has 4 rings (SSSR count). The van der Waals surface area contributed by atoms with Gasteiger partial charge in [-0.1, -0.05) is 40.2 Å². The SMILES string of the molecule is Cl.O=C(Cc1csc2nc(-c3cccc(Br)c3)cn12)NCc1ccc(F)cc1. The zero-order valence-electron chi connectivity index (χ0n) is 14.6. The summed E-state index contributed by atoms with van der Waals surface area (Å²) in [5, 5.41) is 4.82. The smallest absolute Gasteiger partial charge is 0.226 e. The summed E-state index contributed by atoms with van der Waals surface area (Å²) >= 11 is 4.99. The van der Waals surface area contributed by atoms with Crippen LogP contribution >= 0.6 is 39.7 Å². The highest BCUT2D eigenvalue weighted by atomic mass is 79.9. The Kier molecular flexibility index (Phi) is 6.49. The number of benzene rings is 2. The van der Waals surface area contributed by atoms with Crippen molar-refractivity contribution >= 4 is 50.5 Å². The van der Waals surface area contributed by atoms with Crippen molar-refractivity contribution in [3.8, 4) is 11.3 Å². The molecule has 2 aromatic carbocycles. The summed E-state index contributed by atoms with van der Waals surface area (Å²) in [6.45, 7) is 0.375. The lowest BCUT2D eigenvalue weighted by Gasteiger charge is -2.05. The molecule has 0 atom stereocenters. The van der Waals surface area contributed by atoms with Crippen LogP contribution in [0.2, 0.25) is 0 Å². The van der Waals surface area contributed by atoms with Gasteiger partial charge in [0.1, 0.15) is 5.82 Å². The van der Waals surface area contributed by atoms with Crippen LogP contribution in [0, 0.1) is 5.82 Å². The highest BCUT2D eigenvalue weighted by molar-refractivity contribution is 9.10. The maximum Gasteiger partial charge on any atom is 0.226 e. The molecular weight excluding hydrogens is 465 g/mol. The Bertz CT molecular complexity index is 1110. The number of carbonyl (C=O) groups is 1. The molecule has 0 bridgehead atoms. The van der Waals surface area contributed by atoms with Crippen molar-refractivity contribution in [1.29, 1.82) is 0 Å². The number of aromatic nitrogens is 2. The number of imidazole rings is 1. The van der Waals surface area contributed by atoms with E-state index in [0.717, 1.165) is 31.9 Å². The highest BCUT2D eigenvalue weighted by Gasteiger charge is 2.12. The Hall–Kier alpha value is -2.22. The second-order valence-electron chi connectivity index (χ2n) is 6.10. The van der Waals surface area contributed by atoms with Crippen molar-refractivity contribution in [3.05, 3.63) is 81.7 Å². The Morgan fingerprint density at radius 2 is 2.00 bits per heavy atom. The van der Waals surface area contributed by atoms with Crippen LogP contribution in [-0.2, 0) is 17.8 Å². The lowest BCUT2D eigenvalue weighted by molar-refractivity contribution is -0.120. The predicted molar refractivity (Wildman–Crippen MR) is 115 cm³/mol. The van der Waals surface area contributed by atoms with Gasteiger partial charge in [0, 0.05) is 33.9 Å². The van der Waals surface area contributed by atoms with Gasteiger partial charge in [0.05, 0.1) is 12.1 Å². The third-order valence-corrected chi connectivity index (χ3v) is 5.53.